The van der Waals surface area contributed by atoms with Crippen molar-refractivity contribution in [1.82, 2.24) is 0 Å². The summed E-state index contributed by atoms with van der Waals surface area (Å²) in [5.74, 6) is 0.984. The normalized spacial score (nSPS) is 33.4. The Labute approximate surface area is 162 Å². The molecule has 2 fully saturated rings. The van der Waals surface area contributed by atoms with Gasteiger partial charge in [0.2, 0.25) is 0 Å². The first-order chi connectivity index (χ1) is 13.1. The van der Waals surface area contributed by atoms with E-state index in [1.54, 1.807) is 0 Å². The summed E-state index contributed by atoms with van der Waals surface area (Å²) in [6, 6.07) is 2.04. The van der Waals surface area contributed by atoms with E-state index in [1.165, 1.54) is 6.42 Å². The number of ether oxygens (including phenoxy) is 1. The van der Waals surface area contributed by atoms with Crippen LogP contribution in [0.3, 0.4) is 0 Å². The van der Waals surface area contributed by atoms with E-state index in [1.807, 2.05) is 6.07 Å². The minimum Gasteiger partial charge on any atom is -0.378 e. The van der Waals surface area contributed by atoms with Crippen molar-refractivity contribution < 1.29 is 13.5 Å². The van der Waals surface area contributed by atoms with Crippen molar-refractivity contribution >= 4 is 0 Å². The topological polar surface area (TPSA) is 9.23 Å². The first kappa shape index (κ1) is 19.4. The largest absolute Gasteiger partial charge is 0.378 e. The lowest BCUT2D eigenvalue weighted by atomic mass is 9.65. The second-order valence-corrected chi connectivity index (χ2v) is 9.17. The van der Waals surface area contributed by atoms with Crippen LogP contribution in [-0.4, -0.2) is 12.7 Å². The van der Waals surface area contributed by atoms with Gasteiger partial charge >= 0.3 is 0 Å². The minimum absolute atomic E-state index is 0.193. The smallest absolute Gasteiger partial charge is 0.162 e. The van der Waals surface area contributed by atoms with Gasteiger partial charge in [0.05, 0.1) is 6.10 Å². The Morgan fingerprint density at radius 1 is 0.963 bits per heavy atom. The second kappa shape index (κ2) is 8.19. The van der Waals surface area contributed by atoms with Crippen LogP contribution in [0.4, 0.5) is 8.78 Å². The maximum atomic E-state index is 15.0. The van der Waals surface area contributed by atoms with Crippen molar-refractivity contribution in [1.29, 1.82) is 0 Å². The number of rotatable bonds is 4. The van der Waals surface area contributed by atoms with E-state index in [4.69, 9.17) is 4.74 Å². The first-order valence-corrected chi connectivity index (χ1v) is 11.2. The van der Waals surface area contributed by atoms with E-state index in [0.717, 1.165) is 63.5 Å². The number of hydrogen-bond donors (Lipinski definition) is 0. The molecule has 2 saturated carbocycles. The predicted molar refractivity (Wildman–Crippen MR) is 105 cm³/mol. The summed E-state index contributed by atoms with van der Waals surface area (Å²) in [5.41, 5.74) is 2.42. The van der Waals surface area contributed by atoms with Crippen molar-refractivity contribution in [2.75, 3.05) is 6.61 Å². The van der Waals surface area contributed by atoms with Gasteiger partial charge in [-0.1, -0.05) is 19.4 Å². The fourth-order valence-corrected chi connectivity index (χ4v) is 6.09. The number of hydrogen-bond acceptors (Lipinski definition) is 1. The lowest BCUT2D eigenvalue weighted by Gasteiger charge is -2.42. The van der Waals surface area contributed by atoms with Gasteiger partial charge in [-0.3, -0.25) is 0 Å². The molecule has 3 aliphatic rings. The second-order valence-electron chi connectivity index (χ2n) is 9.17. The lowest BCUT2D eigenvalue weighted by Crippen LogP contribution is -2.34. The number of benzene rings is 1. The van der Waals surface area contributed by atoms with Gasteiger partial charge in [0.25, 0.3) is 0 Å². The summed E-state index contributed by atoms with van der Waals surface area (Å²) in [5, 5.41) is 0. The Morgan fingerprint density at radius 2 is 1.74 bits per heavy atom. The average molecular weight is 377 g/mol. The van der Waals surface area contributed by atoms with Crippen molar-refractivity contribution in [2.45, 2.75) is 90.1 Å². The summed E-state index contributed by atoms with van der Waals surface area (Å²) in [4.78, 5) is 0. The van der Waals surface area contributed by atoms with E-state index in [9.17, 15) is 8.78 Å². The van der Waals surface area contributed by atoms with Crippen LogP contribution in [-0.2, 0) is 17.6 Å². The third-order valence-electron chi connectivity index (χ3n) is 7.73. The molecule has 0 aliphatic heterocycles. The molecule has 1 aromatic rings. The predicted octanol–water partition coefficient (Wildman–Crippen LogP) is 6.57. The highest BCUT2D eigenvalue weighted by Gasteiger charge is 2.38. The molecule has 27 heavy (non-hydrogen) atoms. The number of halogens is 2. The van der Waals surface area contributed by atoms with Gasteiger partial charge in [-0.2, -0.15) is 0 Å². The highest BCUT2D eigenvalue weighted by Crippen LogP contribution is 2.48. The molecule has 0 heterocycles. The van der Waals surface area contributed by atoms with Gasteiger partial charge in [-0.15, -0.1) is 0 Å². The van der Waals surface area contributed by atoms with E-state index in [2.05, 4.69) is 13.8 Å². The molecule has 1 aromatic carbocycles. The molecule has 3 aliphatic carbocycles. The molecular weight excluding hydrogens is 342 g/mol. The van der Waals surface area contributed by atoms with Gasteiger partial charge in [0, 0.05) is 6.61 Å². The van der Waals surface area contributed by atoms with Crippen molar-refractivity contribution in [2.24, 2.45) is 17.8 Å². The quantitative estimate of drug-likeness (QED) is 0.577. The van der Waals surface area contributed by atoms with Crippen molar-refractivity contribution in [3.63, 3.8) is 0 Å². The Hall–Kier alpha value is -0.960. The Balaban J connectivity index is 1.51. The van der Waals surface area contributed by atoms with Crippen LogP contribution in [0, 0.1) is 29.4 Å². The Kier molecular flexibility index (Phi) is 5.87. The summed E-state index contributed by atoms with van der Waals surface area (Å²) in [6.07, 6.45) is 10.8. The molecule has 0 spiro atoms. The van der Waals surface area contributed by atoms with Gasteiger partial charge in [0.1, 0.15) is 0 Å². The van der Waals surface area contributed by atoms with E-state index >= 15 is 0 Å². The maximum absolute atomic E-state index is 15.0. The van der Waals surface area contributed by atoms with Gasteiger partial charge in [-0.25, -0.2) is 8.78 Å². The van der Waals surface area contributed by atoms with Crippen LogP contribution in [0.5, 0.6) is 0 Å². The average Bonchev–Trinajstić information content (AvgIpc) is 2.70. The highest BCUT2D eigenvalue weighted by molar-refractivity contribution is 5.38. The monoisotopic (exact) mass is 376 g/mol. The first-order valence-electron chi connectivity index (χ1n) is 11.2. The molecule has 0 N–H and O–H groups in total. The standard InChI is InChI=1S/C24H34F2O/c1-3-15-5-6-19-14-22(24(26)23(25)21(19)11-15)18-8-7-17-13-20(27-4-2)10-9-16(17)12-18/h14-18,20H,3-13H2,1-2H3. The van der Waals surface area contributed by atoms with Gasteiger partial charge in [0.15, 0.2) is 11.6 Å². The molecule has 0 radical (unpaired) electrons. The molecule has 4 rings (SSSR count). The third kappa shape index (κ3) is 3.81. The summed E-state index contributed by atoms with van der Waals surface area (Å²) in [7, 11) is 0. The Bertz CT molecular complexity index is 671. The summed E-state index contributed by atoms with van der Waals surface area (Å²) in [6.45, 7) is 5.01. The molecule has 1 nitrogen and oxygen atoms in total. The SMILES string of the molecule is CCOC1CCC2CC(c3cc4c(c(F)c3F)CC(CC)CC4)CCC2C1. The Morgan fingerprint density at radius 3 is 2.52 bits per heavy atom. The fraction of sp³-hybridized carbons (Fsp3) is 0.750. The molecular formula is C24H34F2O. The fourth-order valence-electron chi connectivity index (χ4n) is 6.09. The van der Waals surface area contributed by atoms with Crippen molar-refractivity contribution in [3.8, 4) is 0 Å². The zero-order valence-electron chi connectivity index (χ0n) is 16.9. The summed E-state index contributed by atoms with van der Waals surface area (Å²) >= 11 is 0. The molecule has 5 unspecified atom stereocenters. The number of fused-ring (bicyclic) bond motifs is 2. The van der Waals surface area contributed by atoms with Crippen LogP contribution in [0.2, 0.25) is 0 Å². The minimum atomic E-state index is -0.544. The molecule has 0 saturated heterocycles. The van der Waals surface area contributed by atoms with Gasteiger partial charge in [-0.05, 0) is 105 Å². The van der Waals surface area contributed by atoms with E-state index < -0.39 is 11.6 Å². The molecule has 150 valence electrons. The zero-order chi connectivity index (χ0) is 19.0. The molecule has 0 bridgehead atoms. The highest BCUT2D eigenvalue weighted by atomic mass is 19.2. The van der Waals surface area contributed by atoms with Crippen LogP contribution < -0.4 is 0 Å². The molecule has 3 heteroatoms. The van der Waals surface area contributed by atoms with Gasteiger partial charge < -0.3 is 4.74 Å². The van der Waals surface area contributed by atoms with E-state index in [0.29, 0.717) is 41.4 Å². The van der Waals surface area contributed by atoms with E-state index in [-0.39, 0.29) is 5.92 Å². The van der Waals surface area contributed by atoms with Crippen LogP contribution in [0.15, 0.2) is 6.07 Å². The number of aryl methyl sites for hydroxylation is 1. The van der Waals surface area contributed by atoms with Crippen LogP contribution >= 0.6 is 0 Å². The zero-order valence-corrected chi connectivity index (χ0v) is 16.9. The van der Waals surface area contributed by atoms with Crippen LogP contribution in [0.25, 0.3) is 0 Å². The third-order valence-corrected chi connectivity index (χ3v) is 7.73. The lowest BCUT2D eigenvalue weighted by molar-refractivity contribution is -0.00971. The molecule has 0 aromatic heterocycles. The maximum Gasteiger partial charge on any atom is 0.162 e. The molecule has 0 amide bonds. The van der Waals surface area contributed by atoms with Crippen molar-refractivity contribution in [3.05, 3.63) is 34.4 Å². The summed E-state index contributed by atoms with van der Waals surface area (Å²) < 4.78 is 35.7. The van der Waals surface area contributed by atoms with Crippen LogP contribution in [0.1, 0.15) is 87.8 Å². The molecule has 5 atom stereocenters.